The zero-order chi connectivity index (χ0) is 21.0. The van der Waals surface area contributed by atoms with E-state index in [9.17, 15) is 22.7 Å². The summed E-state index contributed by atoms with van der Waals surface area (Å²) < 4.78 is 61.0. The van der Waals surface area contributed by atoms with Gasteiger partial charge in [0.25, 0.3) is 0 Å². The minimum Gasteiger partial charge on any atom is -0.505 e. The molecule has 1 saturated carbocycles. The van der Waals surface area contributed by atoms with Crippen LogP contribution in [-0.2, 0) is 0 Å². The number of halogens is 4. The Bertz CT molecular complexity index is 916. The molecule has 154 valence electrons. The predicted octanol–water partition coefficient (Wildman–Crippen LogP) is 6.50. The molecular weight excluding hydrogens is 384 g/mol. The molecule has 0 heterocycles. The largest absolute Gasteiger partial charge is 0.505 e. The van der Waals surface area contributed by atoms with Crippen molar-refractivity contribution in [3.63, 3.8) is 0 Å². The summed E-state index contributed by atoms with van der Waals surface area (Å²) in [6.45, 7) is 3.57. The second-order valence-corrected chi connectivity index (χ2v) is 7.15. The van der Waals surface area contributed by atoms with Crippen LogP contribution in [0, 0.1) is 29.2 Å². The average Bonchev–Trinajstić information content (AvgIpc) is 2.73. The second-order valence-electron chi connectivity index (χ2n) is 7.15. The first kappa shape index (κ1) is 21.0. The highest BCUT2D eigenvalue weighted by Gasteiger charge is 2.26. The molecule has 1 aliphatic rings. The molecule has 0 saturated heterocycles. The first-order chi connectivity index (χ1) is 13.9. The number of hydrogen-bond donors (Lipinski definition) is 1. The molecule has 0 amide bonds. The van der Waals surface area contributed by atoms with Gasteiger partial charge >= 0.3 is 0 Å². The summed E-state index contributed by atoms with van der Waals surface area (Å²) in [5.41, 5.74) is 0.396. The topological polar surface area (TPSA) is 29.5 Å². The third kappa shape index (κ3) is 4.63. The zero-order valence-corrected chi connectivity index (χ0v) is 15.8. The van der Waals surface area contributed by atoms with Gasteiger partial charge in [-0.05, 0) is 61.3 Å². The van der Waals surface area contributed by atoms with Gasteiger partial charge in [-0.1, -0.05) is 30.9 Å². The number of ether oxygens (including phenoxy) is 1. The third-order valence-electron chi connectivity index (χ3n) is 5.28. The van der Waals surface area contributed by atoms with E-state index in [1.807, 2.05) is 0 Å². The van der Waals surface area contributed by atoms with Crippen LogP contribution in [0.4, 0.5) is 17.6 Å². The Balaban J connectivity index is 1.64. The molecule has 1 N–H and O–H groups in total. The van der Waals surface area contributed by atoms with Gasteiger partial charge in [0.2, 0.25) is 11.6 Å². The van der Waals surface area contributed by atoms with Crippen LogP contribution in [0.5, 0.6) is 11.5 Å². The highest BCUT2D eigenvalue weighted by atomic mass is 19.2. The highest BCUT2D eigenvalue weighted by molar-refractivity contribution is 5.52. The maximum atomic E-state index is 14.5. The van der Waals surface area contributed by atoms with E-state index in [1.54, 1.807) is 12.1 Å². The van der Waals surface area contributed by atoms with E-state index in [4.69, 9.17) is 4.74 Å². The highest BCUT2D eigenvalue weighted by Crippen LogP contribution is 2.39. The molecule has 2 nitrogen and oxygen atoms in total. The Labute approximate surface area is 167 Å². The van der Waals surface area contributed by atoms with E-state index in [-0.39, 0.29) is 29.8 Å². The molecular formula is C23H22F4O2. The minimum atomic E-state index is -1.27. The van der Waals surface area contributed by atoms with Gasteiger partial charge in [0, 0.05) is 5.56 Å². The SMILES string of the molecule is C=CCOc1ccc(C2CCC(/C=C/c3ccc(O)c(F)c3F)CC2)c(F)c1F. The van der Waals surface area contributed by atoms with Crippen molar-refractivity contribution in [2.75, 3.05) is 6.61 Å². The summed E-state index contributed by atoms with van der Waals surface area (Å²) in [5.74, 6) is -5.07. The van der Waals surface area contributed by atoms with Gasteiger partial charge in [-0.3, -0.25) is 0 Å². The number of phenols is 1. The summed E-state index contributed by atoms with van der Waals surface area (Å²) in [7, 11) is 0. The Hall–Kier alpha value is -2.76. The number of hydrogen-bond acceptors (Lipinski definition) is 2. The Morgan fingerprint density at radius 1 is 0.931 bits per heavy atom. The van der Waals surface area contributed by atoms with E-state index in [1.165, 1.54) is 24.3 Å². The van der Waals surface area contributed by atoms with Crippen molar-refractivity contribution in [2.45, 2.75) is 31.6 Å². The van der Waals surface area contributed by atoms with E-state index in [0.29, 0.717) is 18.4 Å². The fraction of sp³-hybridized carbons (Fsp3) is 0.304. The van der Waals surface area contributed by atoms with E-state index in [2.05, 4.69) is 6.58 Å². The molecule has 0 aliphatic heterocycles. The van der Waals surface area contributed by atoms with Gasteiger partial charge in [0.05, 0.1) is 0 Å². The lowest BCUT2D eigenvalue weighted by atomic mass is 9.78. The van der Waals surface area contributed by atoms with Crippen LogP contribution in [0.15, 0.2) is 43.0 Å². The fourth-order valence-corrected chi connectivity index (χ4v) is 3.67. The van der Waals surface area contributed by atoms with E-state index < -0.39 is 29.0 Å². The van der Waals surface area contributed by atoms with Gasteiger partial charge in [0.15, 0.2) is 23.1 Å². The van der Waals surface area contributed by atoms with Crippen LogP contribution >= 0.6 is 0 Å². The van der Waals surface area contributed by atoms with E-state index in [0.717, 1.165) is 18.9 Å². The normalized spacial score (nSPS) is 19.4. The first-order valence-electron chi connectivity index (χ1n) is 9.49. The zero-order valence-electron chi connectivity index (χ0n) is 15.8. The second kappa shape index (κ2) is 9.16. The summed E-state index contributed by atoms with van der Waals surface area (Å²) in [6.07, 6.45) is 7.51. The molecule has 0 atom stereocenters. The van der Waals surface area contributed by atoms with Crippen molar-refractivity contribution in [3.05, 3.63) is 77.4 Å². The Morgan fingerprint density at radius 2 is 1.66 bits per heavy atom. The first-order valence-corrected chi connectivity index (χ1v) is 9.49. The summed E-state index contributed by atoms with van der Waals surface area (Å²) in [4.78, 5) is 0. The van der Waals surface area contributed by atoms with Gasteiger partial charge in [-0.25, -0.2) is 8.78 Å². The smallest absolute Gasteiger partial charge is 0.200 e. The average molecular weight is 406 g/mol. The molecule has 2 aromatic rings. The quantitative estimate of drug-likeness (QED) is 0.438. The van der Waals surface area contributed by atoms with E-state index >= 15 is 0 Å². The van der Waals surface area contributed by atoms with Crippen LogP contribution in [0.3, 0.4) is 0 Å². The van der Waals surface area contributed by atoms with Gasteiger partial charge in [-0.2, -0.15) is 8.78 Å². The number of benzene rings is 2. The molecule has 29 heavy (non-hydrogen) atoms. The van der Waals surface area contributed by atoms with Gasteiger partial charge in [-0.15, -0.1) is 0 Å². The molecule has 1 aliphatic carbocycles. The van der Waals surface area contributed by atoms with Crippen molar-refractivity contribution >= 4 is 6.08 Å². The van der Waals surface area contributed by atoms with Gasteiger partial charge in [0.1, 0.15) is 6.61 Å². The van der Waals surface area contributed by atoms with Crippen molar-refractivity contribution < 1.29 is 27.4 Å². The summed E-state index contributed by atoms with van der Waals surface area (Å²) in [5, 5.41) is 9.17. The van der Waals surface area contributed by atoms with Crippen molar-refractivity contribution in [1.29, 1.82) is 0 Å². The number of phenolic OH excluding ortho intramolecular Hbond substituents is 1. The van der Waals surface area contributed by atoms with Crippen molar-refractivity contribution in [3.8, 4) is 11.5 Å². The molecule has 3 rings (SSSR count). The molecule has 0 unspecified atom stereocenters. The van der Waals surface area contributed by atoms with Crippen LogP contribution in [-0.4, -0.2) is 11.7 Å². The summed E-state index contributed by atoms with van der Waals surface area (Å²) >= 11 is 0. The minimum absolute atomic E-state index is 0.0608. The van der Waals surface area contributed by atoms with Crippen LogP contribution in [0.1, 0.15) is 42.7 Å². The molecule has 0 spiro atoms. The lowest BCUT2D eigenvalue weighted by molar-refractivity contribution is 0.326. The van der Waals surface area contributed by atoms with Crippen LogP contribution in [0.2, 0.25) is 0 Å². The standard InChI is InChI=1S/C23H22F4O2/c1-2-13-29-19-12-10-17(21(25)23(19)27)15-6-3-14(4-7-15)5-8-16-9-11-18(28)22(26)20(16)24/h2,5,8-12,14-15,28H,1,3-4,6-7,13H2/b8-5+. The van der Waals surface area contributed by atoms with Crippen molar-refractivity contribution in [1.82, 2.24) is 0 Å². The molecule has 0 radical (unpaired) electrons. The Kier molecular flexibility index (Phi) is 6.62. The predicted molar refractivity (Wildman–Crippen MR) is 104 cm³/mol. The van der Waals surface area contributed by atoms with Crippen molar-refractivity contribution in [2.24, 2.45) is 5.92 Å². The maximum absolute atomic E-state index is 14.5. The molecule has 2 aromatic carbocycles. The van der Waals surface area contributed by atoms with Crippen LogP contribution < -0.4 is 4.74 Å². The van der Waals surface area contributed by atoms with Crippen LogP contribution in [0.25, 0.3) is 6.08 Å². The molecule has 0 bridgehead atoms. The Morgan fingerprint density at radius 3 is 2.34 bits per heavy atom. The fourth-order valence-electron chi connectivity index (χ4n) is 3.67. The molecule has 1 fully saturated rings. The number of aromatic hydroxyl groups is 1. The third-order valence-corrected chi connectivity index (χ3v) is 5.28. The lowest BCUT2D eigenvalue weighted by Crippen LogP contribution is -2.14. The lowest BCUT2D eigenvalue weighted by Gasteiger charge is -2.27. The number of allylic oxidation sites excluding steroid dienone is 1. The monoisotopic (exact) mass is 406 g/mol. The van der Waals surface area contributed by atoms with Gasteiger partial charge < -0.3 is 9.84 Å². The number of rotatable bonds is 6. The molecule has 0 aromatic heterocycles. The maximum Gasteiger partial charge on any atom is 0.200 e. The molecule has 6 heteroatoms. The summed E-state index contributed by atoms with van der Waals surface area (Å²) in [6, 6.07) is 5.41.